The summed E-state index contributed by atoms with van der Waals surface area (Å²) in [4.78, 5) is 29.6. The third-order valence-corrected chi connectivity index (χ3v) is 4.40. The Kier molecular flexibility index (Phi) is 6.45. The van der Waals surface area contributed by atoms with Crippen LogP contribution in [0.3, 0.4) is 0 Å². The lowest BCUT2D eigenvalue weighted by molar-refractivity contribution is -0.119. The standard InChI is InChI=1S/C17H22N4O2S/c1-4-13-7-5-6-8-15(13)21(12(2)22)17-20-14(11-24-17)9-19-10-16(23)18-3/h5-8,11,19H,4,9-10H2,1-3H3,(H,18,23). The fourth-order valence-corrected chi connectivity index (χ4v) is 3.19. The first kappa shape index (κ1) is 18.1. The van der Waals surface area contributed by atoms with Crippen molar-refractivity contribution in [1.29, 1.82) is 0 Å². The molecule has 1 aromatic carbocycles. The molecule has 24 heavy (non-hydrogen) atoms. The van der Waals surface area contributed by atoms with Crippen LogP contribution in [0.5, 0.6) is 0 Å². The van der Waals surface area contributed by atoms with E-state index in [0.29, 0.717) is 11.7 Å². The van der Waals surface area contributed by atoms with E-state index in [2.05, 4.69) is 22.5 Å². The number of hydrogen-bond donors (Lipinski definition) is 2. The minimum atomic E-state index is -0.0762. The summed E-state index contributed by atoms with van der Waals surface area (Å²) in [5.74, 6) is -0.150. The molecule has 0 fully saturated rings. The van der Waals surface area contributed by atoms with E-state index in [9.17, 15) is 9.59 Å². The Bertz CT molecular complexity index is 714. The Labute approximate surface area is 145 Å². The lowest BCUT2D eigenvalue weighted by atomic mass is 10.1. The Morgan fingerprint density at radius 2 is 2.04 bits per heavy atom. The van der Waals surface area contributed by atoms with Gasteiger partial charge in [-0.1, -0.05) is 25.1 Å². The first-order valence-electron chi connectivity index (χ1n) is 7.81. The molecule has 0 aliphatic rings. The second-order valence-electron chi connectivity index (χ2n) is 5.23. The molecule has 0 bridgehead atoms. The van der Waals surface area contributed by atoms with E-state index in [1.165, 1.54) is 18.3 Å². The smallest absolute Gasteiger partial charge is 0.233 e. The molecule has 0 saturated heterocycles. The molecule has 0 radical (unpaired) electrons. The van der Waals surface area contributed by atoms with Crippen molar-refractivity contribution in [2.75, 3.05) is 18.5 Å². The van der Waals surface area contributed by atoms with Gasteiger partial charge in [-0.2, -0.15) is 0 Å². The number of thiazole rings is 1. The molecule has 2 amide bonds. The summed E-state index contributed by atoms with van der Waals surface area (Å²) in [7, 11) is 1.60. The van der Waals surface area contributed by atoms with Crippen LogP contribution in [0.4, 0.5) is 10.8 Å². The van der Waals surface area contributed by atoms with Crippen LogP contribution in [0.2, 0.25) is 0 Å². The first-order valence-corrected chi connectivity index (χ1v) is 8.69. The number of benzene rings is 1. The summed E-state index contributed by atoms with van der Waals surface area (Å²) in [6.07, 6.45) is 0.839. The number of rotatable bonds is 7. The zero-order chi connectivity index (χ0) is 17.5. The number of amides is 2. The Hall–Kier alpha value is -2.25. The zero-order valence-corrected chi connectivity index (χ0v) is 14.9. The molecule has 1 heterocycles. The predicted octanol–water partition coefficient (Wildman–Crippen LogP) is 2.23. The zero-order valence-electron chi connectivity index (χ0n) is 14.1. The van der Waals surface area contributed by atoms with Gasteiger partial charge in [-0.25, -0.2) is 4.98 Å². The van der Waals surface area contributed by atoms with Crippen molar-refractivity contribution >= 4 is 34.0 Å². The van der Waals surface area contributed by atoms with Crippen molar-refractivity contribution < 1.29 is 9.59 Å². The minimum absolute atomic E-state index is 0.0740. The van der Waals surface area contributed by atoms with Crippen LogP contribution in [-0.4, -0.2) is 30.4 Å². The SMILES string of the molecule is CCc1ccccc1N(C(C)=O)c1nc(CNCC(=O)NC)cs1. The Morgan fingerprint density at radius 3 is 2.71 bits per heavy atom. The monoisotopic (exact) mass is 346 g/mol. The number of aromatic nitrogens is 1. The van der Waals surface area contributed by atoms with Gasteiger partial charge in [0.05, 0.1) is 17.9 Å². The molecule has 0 spiro atoms. The number of carbonyl (C=O) groups is 2. The summed E-state index contributed by atoms with van der Waals surface area (Å²) in [5, 5.41) is 8.12. The highest BCUT2D eigenvalue weighted by Gasteiger charge is 2.20. The quantitative estimate of drug-likeness (QED) is 0.806. The molecule has 1 aromatic heterocycles. The third kappa shape index (κ3) is 4.39. The predicted molar refractivity (Wildman–Crippen MR) is 96.5 cm³/mol. The van der Waals surface area contributed by atoms with Gasteiger partial charge in [0, 0.05) is 25.9 Å². The Morgan fingerprint density at radius 1 is 1.29 bits per heavy atom. The van der Waals surface area contributed by atoms with Crippen LogP contribution in [0, 0.1) is 0 Å². The second-order valence-corrected chi connectivity index (χ2v) is 6.07. The maximum atomic E-state index is 12.2. The number of nitrogens with one attached hydrogen (secondary N) is 2. The molecule has 0 atom stereocenters. The number of aryl methyl sites for hydroxylation is 1. The van der Waals surface area contributed by atoms with Crippen molar-refractivity contribution in [2.24, 2.45) is 0 Å². The van der Waals surface area contributed by atoms with Crippen LogP contribution < -0.4 is 15.5 Å². The van der Waals surface area contributed by atoms with Gasteiger partial charge in [0.25, 0.3) is 0 Å². The van der Waals surface area contributed by atoms with Crippen LogP contribution in [0.25, 0.3) is 0 Å². The van der Waals surface area contributed by atoms with Crippen molar-refractivity contribution in [2.45, 2.75) is 26.8 Å². The highest BCUT2D eigenvalue weighted by Crippen LogP contribution is 2.31. The lowest BCUT2D eigenvalue weighted by Gasteiger charge is -2.21. The van der Waals surface area contributed by atoms with Gasteiger partial charge in [-0.15, -0.1) is 11.3 Å². The number of para-hydroxylation sites is 1. The second kappa shape index (κ2) is 8.56. The fraction of sp³-hybridized carbons (Fsp3) is 0.353. The first-order chi connectivity index (χ1) is 11.6. The Balaban J connectivity index is 2.18. The molecular formula is C17H22N4O2S. The summed E-state index contributed by atoms with van der Waals surface area (Å²) >= 11 is 1.42. The van der Waals surface area contributed by atoms with Gasteiger partial charge in [0.2, 0.25) is 11.8 Å². The summed E-state index contributed by atoms with van der Waals surface area (Å²) in [6, 6.07) is 7.84. The average molecular weight is 346 g/mol. The molecule has 0 aliphatic heterocycles. The average Bonchev–Trinajstić information content (AvgIpc) is 3.03. The normalized spacial score (nSPS) is 10.5. The van der Waals surface area contributed by atoms with Gasteiger partial charge in [-0.05, 0) is 18.1 Å². The van der Waals surface area contributed by atoms with Crippen molar-refractivity contribution in [3.05, 3.63) is 40.9 Å². The van der Waals surface area contributed by atoms with Gasteiger partial charge < -0.3 is 10.6 Å². The number of hydrogen-bond acceptors (Lipinski definition) is 5. The minimum Gasteiger partial charge on any atom is -0.358 e. The fourth-order valence-electron chi connectivity index (χ4n) is 2.31. The van der Waals surface area contributed by atoms with Gasteiger partial charge in [0.1, 0.15) is 0 Å². The van der Waals surface area contributed by atoms with E-state index in [-0.39, 0.29) is 18.4 Å². The molecular weight excluding hydrogens is 324 g/mol. The number of carbonyl (C=O) groups excluding carboxylic acids is 2. The molecule has 6 nitrogen and oxygen atoms in total. The lowest BCUT2D eigenvalue weighted by Crippen LogP contribution is -2.31. The maximum absolute atomic E-state index is 12.2. The largest absolute Gasteiger partial charge is 0.358 e. The van der Waals surface area contributed by atoms with E-state index in [4.69, 9.17) is 0 Å². The van der Waals surface area contributed by atoms with E-state index >= 15 is 0 Å². The van der Waals surface area contributed by atoms with Crippen LogP contribution in [0.1, 0.15) is 25.1 Å². The molecule has 0 aliphatic carbocycles. The van der Waals surface area contributed by atoms with Gasteiger partial charge >= 0.3 is 0 Å². The molecule has 7 heteroatoms. The number of likely N-dealkylation sites (N-methyl/N-ethyl adjacent to an activating group) is 1. The molecule has 2 rings (SSSR count). The highest BCUT2D eigenvalue weighted by atomic mass is 32.1. The van der Waals surface area contributed by atoms with Crippen LogP contribution in [-0.2, 0) is 22.6 Å². The summed E-state index contributed by atoms with van der Waals surface area (Å²) < 4.78 is 0. The van der Waals surface area contributed by atoms with Crippen LogP contribution >= 0.6 is 11.3 Å². The molecule has 0 unspecified atom stereocenters. The van der Waals surface area contributed by atoms with E-state index in [1.54, 1.807) is 11.9 Å². The molecule has 128 valence electrons. The van der Waals surface area contributed by atoms with E-state index in [1.807, 2.05) is 29.6 Å². The van der Waals surface area contributed by atoms with E-state index < -0.39 is 0 Å². The molecule has 2 aromatic rings. The summed E-state index contributed by atoms with van der Waals surface area (Å²) in [5.41, 5.74) is 2.77. The summed E-state index contributed by atoms with van der Waals surface area (Å²) in [6.45, 7) is 4.31. The van der Waals surface area contributed by atoms with Gasteiger partial charge in [0.15, 0.2) is 5.13 Å². The topological polar surface area (TPSA) is 74.3 Å². The maximum Gasteiger partial charge on any atom is 0.233 e. The van der Waals surface area contributed by atoms with Crippen molar-refractivity contribution in [3.63, 3.8) is 0 Å². The van der Waals surface area contributed by atoms with E-state index in [0.717, 1.165) is 23.4 Å². The molecule has 0 saturated carbocycles. The van der Waals surface area contributed by atoms with Gasteiger partial charge in [-0.3, -0.25) is 14.5 Å². The number of anilines is 2. The van der Waals surface area contributed by atoms with Crippen molar-refractivity contribution in [3.8, 4) is 0 Å². The molecule has 2 N–H and O–H groups in total. The van der Waals surface area contributed by atoms with Crippen molar-refractivity contribution in [1.82, 2.24) is 15.6 Å². The number of nitrogens with zero attached hydrogens (tertiary/aromatic N) is 2. The van der Waals surface area contributed by atoms with Crippen LogP contribution in [0.15, 0.2) is 29.6 Å². The third-order valence-electron chi connectivity index (χ3n) is 3.53. The highest BCUT2D eigenvalue weighted by molar-refractivity contribution is 7.14.